The van der Waals surface area contributed by atoms with Gasteiger partial charge in [-0.25, -0.2) is 4.98 Å². The topological polar surface area (TPSA) is 22.1 Å². The number of ether oxygens (including phenoxy) is 1. The quantitative estimate of drug-likeness (QED) is 0.656. The first-order valence-corrected chi connectivity index (χ1v) is 6.81. The molecule has 0 fully saturated rings. The fraction of sp³-hybridized carbons (Fsp3) is 0.0625. The molecule has 3 heteroatoms. The van der Waals surface area contributed by atoms with Gasteiger partial charge in [0.2, 0.25) is 5.88 Å². The van der Waals surface area contributed by atoms with Crippen molar-refractivity contribution in [2.75, 3.05) is 0 Å². The molecule has 0 aliphatic carbocycles. The van der Waals surface area contributed by atoms with Gasteiger partial charge in [-0.15, -0.1) is 0 Å². The standard InChI is InChI=1S/C16H12BrNO/c1-11-15(17)8-9-16(18-11)19-14-7-6-12-4-2-3-5-13(12)10-14/h2-10H,1H3. The number of hydrogen-bond acceptors (Lipinski definition) is 2. The SMILES string of the molecule is Cc1nc(Oc2ccc3ccccc3c2)ccc1Br. The van der Waals surface area contributed by atoms with Crippen LogP contribution >= 0.6 is 15.9 Å². The Morgan fingerprint density at radius 1 is 0.947 bits per heavy atom. The monoisotopic (exact) mass is 313 g/mol. The van der Waals surface area contributed by atoms with Crippen molar-refractivity contribution in [1.29, 1.82) is 0 Å². The second kappa shape index (κ2) is 5.02. The zero-order valence-corrected chi connectivity index (χ0v) is 12.0. The highest BCUT2D eigenvalue weighted by molar-refractivity contribution is 9.10. The van der Waals surface area contributed by atoms with E-state index in [4.69, 9.17) is 4.74 Å². The molecule has 3 rings (SSSR count). The number of hydrogen-bond donors (Lipinski definition) is 0. The van der Waals surface area contributed by atoms with Crippen LogP contribution in [0, 0.1) is 6.92 Å². The second-order valence-electron chi connectivity index (χ2n) is 4.33. The van der Waals surface area contributed by atoms with Gasteiger partial charge in [0.05, 0.1) is 5.69 Å². The Labute approximate surface area is 120 Å². The second-order valence-corrected chi connectivity index (χ2v) is 5.18. The van der Waals surface area contributed by atoms with Crippen LogP contribution in [0.2, 0.25) is 0 Å². The molecule has 0 aliphatic rings. The molecule has 2 nitrogen and oxygen atoms in total. The average molecular weight is 314 g/mol. The Hall–Kier alpha value is -1.87. The minimum atomic E-state index is 0.607. The molecular formula is C16H12BrNO. The normalized spacial score (nSPS) is 10.6. The minimum absolute atomic E-state index is 0.607. The van der Waals surface area contributed by atoms with E-state index in [0.717, 1.165) is 21.3 Å². The molecule has 1 aromatic heterocycles. The Kier molecular flexibility index (Phi) is 3.22. The van der Waals surface area contributed by atoms with Crippen molar-refractivity contribution >= 4 is 26.7 Å². The summed E-state index contributed by atoms with van der Waals surface area (Å²) in [5.41, 5.74) is 0.915. The number of halogens is 1. The van der Waals surface area contributed by atoms with Crippen LogP contribution in [0.3, 0.4) is 0 Å². The van der Waals surface area contributed by atoms with Gasteiger partial charge in [0.25, 0.3) is 0 Å². The Balaban J connectivity index is 1.94. The van der Waals surface area contributed by atoms with Gasteiger partial charge in [-0.1, -0.05) is 30.3 Å². The van der Waals surface area contributed by atoms with E-state index >= 15 is 0 Å². The van der Waals surface area contributed by atoms with Gasteiger partial charge in [-0.05, 0) is 51.8 Å². The van der Waals surface area contributed by atoms with Crippen molar-refractivity contribution in [3.63, 3.8) is 0 Å². The van der Waals surface area contributed by atoms with E-state index in [0.29, 0.717) is 5.88 Å². The fourth-order valence-corrected chi connectivity index (χ4v) is 2.15. The lowest BCUT2D eigenvalue weighted by atomic mass is 10.1. The van der Waals surface area contributed by atoms with Gasteiger partial charge in [0.15, 0.2) is 0 Å². The van der Waals surface area contributed by atoms with Crippen LogP contribution in [0.25, 0.3) is 10.8 Å². The molecule has 0 spiro atoms. The molecule has 2 aromatic carbocycles. The van der Waals surface area contributed by atoms with Crippen LogP contribution in [-0.2, 0) is 0 Å². The highest BCUT2D eigenvalue weighted by Crippen LogP contribution is 2.26. The van der Waals surface area contributed by atoms with E-state index in [9.17, 15) is 0 Å². The first kappa shape index (κ1) is 12.2. The number of aryl methyl sites for hydroxylation is 1. The average Bonchev–Trinajstić information content (AvgIpc) is 2.43. The number of fused-ring (bicyclic) bond motifs is 1. The van der Waals surface area contributed by atoms with Crippen LogP contribution in [-0.4, -0.2) is 4.98 Å². The third-order valence-electron chi connectivity index (χ3n) is 2.94. The summed E-state index contributed by atoms with van der Waals surface area (Å²) in [7, 11) is 0. The Bertz CT molecular complexity index is 740. The molecule has 0 saturated heterocycles. The predicted octanol–water partition coefficient (Wildman–Crippen LogP) is 5.10. The van der Waals surface area contributed by atoms with E-state index in [1.807, 2.05) is 43.3 Å². The van der Waals surface area contributed by atoms with Gasteiger partial charge in [-0.2, -0.15) is 0 Å². The minimum Gasteiger partial charge on any atom is -0.439 e. The van der Waals surface area contributed by atoms with Crippen molar-refractivity contribution in [3.8, 4) is 11.6 Å². The summed E-state index contributed by atoms with van der Waals surface area (Å²) in [6.07, 6.45) is 0. The zero-order valence-electron chi connectivity index (χ0n) is 10.4. The van der Waals surface area contributed by atoms with Crippen LogP contribution in [0.1, 0.15) is 5.69 Å². The van der Waals surface area contributed by atoms with Crippen molar-refractivity contribution in [3.05, 3.63) is 64.8 Å². The summed E-state index contributed by atoms with van der Waals surface area (Å²) >= 11 is 3.43. The molecule has 0 unspecified atom stereocenters. The van der Waals surface area contributed by atoms with E-state index in [1.54, 1.807) is 0 Å². The van der Waals surface area contributed by atoms with E-state index in [1.165, 1.54) is 5.39 Å². The van der Waals surface area contributed by atoms with E-state index < -0.39 is 0 Å². The molecule has 0 aliphatic heterocycles. The molecule has 0 radical (unpaired) electrons. The zero-order chi connectivity index (χ0) is 13.2. The van der Waals surface area contributed by atoms with Crippen LogP contribution in [0.15, 0.2) is 59.1 Å². The van der Waals surface area contributed by atoms with Crippen LogP contribution < -0.4 is 4.74 Å². The van der Waals surface area contributed by atoms with Crippen molar-refractivity contribution in [2.24, 2.45) is 0 Å². The summed E-state index contributed by atoms with van der Waals surface area (Å²) in [5, 5.41) is 2.36. The van der Waals surface area contributed by atoms with Crippen molar-refractivity contribution in [2.45, 2.75) is 6.92 Å². The molecule has 0 saturated carbocycles. The molecule has 0 amide bonds. The van der Waals surface area contributed by atoms with Gasteiger partial charge in [-0.3, -0.25) is 0 Å². The van der Waals surface area contributed by atoms with Gasteiger partial charge >= 0.3 is 0 Å². The van der Waals surface area contributed by atoms with Crippen molar-refractivity contribution < 1.29 is 4.74 Å². The first-order valence-electron chi connectivity index (χ1n) is 6.02. The third-order valence-corrected chi connectivity index (χ3v) is 3.78. The summed E-state index contributed by atoms with van der Waals surface area (Å²) in [4.78, 5) is 4.38. The highest BCUT2D eigenvalue weighted by Gasteiger charge is 2.02. The van der Waals surface area contributed by atoms with Crippen LogP contribution in [0.4, 0.5) is 0 Å². The fourth-order valence-electron chi connectivity index (χ4n) is 1.93. The maximum atomic E-state index is 5.79. The lowest BCUT2D eigenvalue weighted by molar-refractivity contribution is 0.462. The molecule has 0 bridgehead atoms. The molecule has 1 heterocycles. The first-order chi connectivity index (χ1) is 9.22. The maximum absolute atomic E-state index is 5.79. The molecule has 0 N–H and O–H groups in total. The van der Waals surface area contributed by atoms with Crippen LogP contribution in [0.5, 0.6) is 11.6 Å². The number of pyridine rings is 1. The Morgan fingerprint density at radius 3 is 2.53 bits per heavy atom. The van der Waals surface area contributed by atoms with Crippen molar-refractivity contribution in [1.82, 2.24) is 4.98 Å². The largest absolute Gasteiger partial charge is 0.439 e. The maximum Gasteiger partial charge on any atom is 0.219 e. The van der Waals surface area contributed by atoms with Gasteiger partial charge < -0.3 is 4.74 Å². The smallest absolute Gasteiger partial charge is 0.219 e. The number of benzene rings is 2. The summed E-state index contributed by atoms with van der Waals surface area (Å²) in [6.45, 7) is 1.94. The van der Waals surface area contributed by atoms with E-state index in [-0.39, 0.29) is 0 Å². The molecule has 0 atom stereocenters. The van der Waals surface area contributed by atoms with Gasteiger partial charge in [0, 0.05) is 10.5 Å². The predicted molar refractivity (Wildman–Crippen MR) is 80.7 cm³/mol. The lowest BCUT2D eigenvalue weighted by Crippen LogP contribution is -1.90. The number of aromatic nitrogens is 1. The lowest BCUT2D eigenvalue weighted by Gasteiger charge is -2.07. The Morgan fingerprint density at radius 2 is 1.74 bits per heavy atom. The summed E-state index contributed by atoms with van der Waals surface area (Å²) in [6, 6.07) is 18.0. The molecular weight excluding hydrogens is 302 g/mol. The highest BCUT2D eigenvalue weighted by atomic mass is 79.9. The van der Waals surface area contributed by atoms with E-state index in [2.05, 4.69) is 39.1 Å². The summed E-state index contributed by atoms with van der Waals surface area (Å²) in [5.74, 6) is 1.41. The number of nitrogens with zero attached hydrogens (tertiary/aromatic N) is 1. The summed E-state index contributed by atoms with van der Waals surface area (Å²) < 4.78 is 6.77. The molecule has 3 aromatic rings. The number of rotatable bonds is 2. The van der Waals surface area contributed by atoms with Gasteiger partial charge in [0.1, 0.15) is 5.75 Å². The third kappa shape index (κ3) is 2.61. The molecule has 19 heavy (non-hydrogen) atoms. The molecule has 94 valence electrons.